The molecule has 3 aromatic carbocycles. The first-order chi connectivity index (χ1) is 14.2. The Labute approximate surface area is 179 Å². The molecule has 0 saturated heterocycles. The van der Waals surface area contributed by atoms with Gasteiger partial charge in [0.05, 0.1) is 4.47 Å². The second-order valence-corrected chi connectivity index (χ2v) is 8.03. The first-order valence-electron chi connectivity index (χ1n) is 10.0. The fourth-order valence-corrected chi connectivity index (χ4v) is 4.51. The third kappa shape index (κ3) is 3.88. The lowest BCUT2D eigenvalue weighted by molar-refractivity contribution is 0.366. The molecular formula is C25H23BrN2O. The van der Waals surface area contributed by atoms with Crippen LogP contribution in [0.4, 0.5) is 0 Å². The molecule has 4 aromatic rings. The van der Waals surface area contributed by atoms with Gasteiger partial charge in [-0.3, -0.25) is 0 Å². The summed E-state index contributed by atoms with van der Waals surface area (Å²) in [6, 6.07) is 21.1. The van der Waals surface area contributed by atoms with Crippen molar-refractivity contribution >= 4 is 37.6 Å². The molecule has 0 unspecified atom stereocenters. The minimum atomic E-state index is 0.0401. The van der Waals surface area contributed by atoms with Crippen molar-refractivity contribution in [3.8, 4) is 23.1 Å². The number of nitrogens with one attached hydrogen (secondary N) is 1. The third-order valence-corrected chi connectivity index (χ3v) is 6.16. The zero-order valence-electron chi connectivity index (χ0n) is 16.5. The fraction of sp³-hybridized carbons (Fsp3) is 0.240. The molecule has 4 heteroatoms. The van der Waals surface area contributed by atoms with Crippen LogP contribution in [-0.4, -0.2) is 11.6 Å². The Morgan fingerprint density at radius 2 is 1.90 bits per heavy atom. The van der Waals surface area contributed by atoms with Gasteiger partial charge in [-0.2, -0.15) is 5.26 Å². The van der Waals surface area contributed by atoms with E-state index >= 15 is 0 Å². The van der Waals surface area contributed by atoms with E-state index in [9.17, 15) is 0 Å². The number of hydrogen-bond donors (Lipinski definition) is 1. The summed E-state index contributed by atoms with van der Waals surface area (Å²) >= 11 is 3.64. The Morgan fingerprint density at radius 3 is 2.72 bits per heavy atom. The van der Waals surface area contributed by atoms with Crippen LogP contribution in [0, 0.1) is 11.3 Å². The zero-order chi connectivity index (χ0) is 20.2. The normalized spacial score (nSPS) is 11.1. The molecule has 0 aliphatic carbocycles. The lowest BCUT2D eigenvalue weighted by atomic mass is 9.98. The second kappa shape index (κ2) is 8.71. The van der Waals surface area contributed by atoms with E-state index in [1.54, 1.807) is 0 Å². The number of rotatable bonds is 7. The minimum absolute atomic E-state index is 0.0401. The van der Waals surface area contributed by atoms with E-state index in [0.29, 0.717) is 5.75 Å². The fourth-order valence-electron chi connectivity index (χ4n) is 3.91. The minimum Gasteiger partial charge on any atom is -0.478 e. The highest BCUT2D eigenvalue weighted by Crippen LogP contribution is 2.37. The number of fused-ring (bicyclic) bond motifs is 2. The molecule has 1 N–H and O–H groups in total. The summed E-state index contributed by atoms with van der Waals surface area (Å²) in [6.45, 7) is 2.28. The number of aromatic nitrogens is 1. The quantitative estimate of drug-likeness (QED) is 0.300. The van der Waals surface area contributed by atoms with Crippen LogP contribution in [0.25, 0.3) is 32.9 Å². The van der Waals surface area contributed by atoms with E-state index in [-0.39, 0.29) is 6.61 Å². The third-order valence-electron chi connectivity index (χ3n) is 5.34. The number of nitrogens with zero attached hydrogens (tertiary/aromatic N) is 1. The van der Waals surface area contributed by atoms with E-state index in [2.05, 4.69) is 76.4 Å². The summed E-state index contributed by atoms with van der Waals surface area (Å²) in [4.78, 5) is 3.65. The lowest BCUT2D eigenvalue weighted by Gasteiger charge is -2.10. The number of para-hydroxylation sites is 1. The van der Waals surface area contributed by atoms with E-state index in [0.717, 1.165) is 21.7 Å². The Kier molecular flexibility index (Phi) is 5.87. The van der Waals surface area contributed by atoms with Gasteiger partial charge >= 0.3 is 0 Å². The standard InChI is InChI=1S/C25H23BrN2O/c1-2-3-4-8-21-20-7-5-6-9-22(20)28-25(21)18-10-12-19-17(16-18)11-13-23(24(19)26)29-15-14-27/h5-7,9-13,16,28H,2-4,8,15H2,1H3. The van der Waals surface area contributed by atoms with Crippen LogP contribution < -0.4 is 4.74 Å². The Bertz CT molecular complexity index is 1200. The molecule has 1 heterocycles. The second-order valence-electron chi connectivity index (χ2n) is 7.24. The van der Waals surface area contributed by atoms with Gasteiger partial charge in [-0.1, -0.05) is 56.2 Å². The van der Waals surface area contributed by atoms with E-state index < -0.39 is 0 Å². The molecule has 3 nitrogen and oxygen atoms in total. The maximum atomic E-state index is 8.76. The number of aromatic amines is 1. The van der Waals surface area contributed by atoms with Gasteiger partial charge in [0.15, 0.2) is 6.61 Å². The van der Waals surface area contributed by atoms with Crippen molar-refractivity contribution in [3.63, 3.8) is 0 Å². The Balaban J connectivity index is 1.79. The number of halogens is 1. The van der Waals surface area contributed by atoms with Crippen LogP contribution >= 0.6 is 15.9 Å². The molecule has 0 fully saturated rings. The highest BCUT2D eigenvalue weighted by Gasteiger charge is 2.14. The van der Waals surface area contributed by atoms with Crippen LogP contribution in [0.1, 0.15) is 31.7 Å². The summed E-state index contributed by atoms with van der Waals surface area (Å²) in [6.07, 6.45) is 4.74. The number of aryl methyl sites for hydroxylation is 1. The number of unbranched alkanes of at least 4 members (excludes halogenated alkanes) is 2. The van der Waals surface area contributed by atoms with Crippen LogP contribution in [-0.2, 0) is 6.42 Å². The largest absolute Gasteiger partial charge is 0.478 e. The molecule has 0 spiro atoms. The van der Waals surface area contributed by atoms with Gasteiger partial charge in [-0.15, -0.1) is 0 Å². The van der Waals surface area contributed by atoms with Crippen LogP contribution in [0.2, 0.25) is 0 Å². The van der Waals surface area contributed by atoms with Gasteiger partial charge in [0.1, 0.15) is 11.8 Å². The average Bonchev–Trinajstić information content (AvgIpc) is 3.12. The maximum Gasteiger partial charge on any atom is 0.174 e. The first-order valence-corrected chi connectivity index (χ1v) is 10.8. The molecule has 0 atom stereocenters. The lowest BCUT2D eigenvalue weighted by Crippen LogP contribution is -1.94. The summed E-state index contributed by atoms with van der Waals surface area (Å²) in [5, 5.41) is 12.3. The molecule has 0 radical (unpaired) electrons. The predicted octanol–water partition coefficient (Wildman–Crippen LogP) is 7.39. The van der Waals surface area contributed by atoms with E-state index in [4.69, 9.17) is 10.00 Å². The Morgan fingerprint density at radius 1 is 1.03 bits per heavy atom. The molecule has 0 bridgehead atoms. The number of hydrogen-bond acceptors (Lipinski definition) is 2. The van der Waals surface area contributed by atoms with Crippen LogP contribution in [0.3, 0.4) is 0 Å². The zero-order valence-corrected chi connectivity index (χ0v) is 18.1. The maximum absolute atomic E-state index is 8.76. The first kappa shape index (κ1) is 19.5. The van der Waals surface area contributed by atoms with Crippen molar-refractivity contribution in [2.75, 3.05) is 6.61 Å². The number of ether oxygens (including phenoxy) is 1. The number of H-pyrrole nitrogens is 1. The number of nitriles is 1. The van der Waals surface area contributed by atoms with Crippen LogP contribution in [0.5, 0.6) is 5.75 Å². The summed E-state index contributed by atoms with van der Waals surface area (Å²) in [7, 11) is 0. The predicted molar refractivity (Wildman–Crippen MR) is 123 cm³/mol. The smallest absolute Gasteiger partial charge is 0.174 e. The van der Waals surface area contributed by atoms with Crippen molar-refractivity contribution in [2.45, 2.75) is 32.6 Å². The molecule has 146 valence electrons. The van der Waals surface area contributed by atoms with Gasteiger partial charge in [0.25, 0.3) is 0 Å². The molecule has 0 saturated carbocycles. The highest BCUT2D eigenvalue weighted by atomic mass is 79.9. The van der Waals surface area contributed by atoms with Gasteiger partial charge in [-0.25, -0.2) is 0 Å². The SMILES string of the molecule is CCCCCc1c(-c2ccc3c(Br)c(OCC#N)ccc3c2)[nH]c2ccccc12. The molecule has 0 aliphatic rings. The van der Waals surface area contributed by atoms with E-state index in [1.165, 1.54) is 47.0 Å². The van der Waals surface area contributed by atoms with E-state index in [1.807, 2.05) is 12.1 Å². The summed E-state index contributed by atoms with van der Waals surface area (Å²) in [5.41, 5.74) is 5.00. The molecule has 0 amide bonds. The average molecular weight is 447 g/mol. The van der Waals surface area contributed by atoms with Gasteiger partial charge in [0.2, 0.25) is 0 Å². The molecule has 4 rings (SSSR count). The molecular weight excluding hydrogens is 424 g/mol. The van der Waals surface area contributed by atoms with Crippen LogP contribution in [0.15, 0.2) is 59.1 Å². The summed E-state index contributed by atoms with van der Waals surface area (Å²) < 4.78 is 6.39. The van der Waals surface area contributed by atoms with Crippen molar-refractivity contribution in [1.29, 1.82) is 5.26 Å². The van der Waals surface area contributed by atoms with Gasteiger partial charge < -0.3 is 9.72 Å². The van der Waals surface area contributed by atoms with Crippen molar-refractivity contribution < 1.29 is 4.74 Å². The molecule has 29 heavy (non-hydrogen) atoms. The molecule has 0 aliphatic heterocycles. The Hall–Kier alpha value is -2.77. The summed E-state index contributed by atoms with van der Waals surface area (Å²) in [5.74, 6) is 0.692. The molecule has 1 aromatic heterocycles. The van der Waals surface area contributed by atoms with Crippen molar-refractivity contribution in [2.24, 2.45) is 0 Å². The monoisotopic (exact) mass is 446 g/mol. The van der Waals surface area contributed by atoms with Crippen molar-refractivity contribution in [3.05, 3.63) is 64.6 Å². The van der Waals surface area contributed by atoms with Gasteiger partial charge in [-0.05, 0) is 68.9 Å². The topological polar surface area (TPSA) is 48.8 Å². The highest BCUT2D eigenvalue weighted by molar-refractivity contribution is 9.10. The number of benzene rings is 3. The van der Waals surface area contributed by atoms with Gasteiger partial charge in [0, 0.05) is 16.6 Å². The van der Waals surface area contributed by atoms with Crippen molar-refractivity contribution in [1.82, 2.24) is 4.98 Å².